The molecule has 0 saturated carbocycles. The van der Waals surface area contributed by atoms with E-state index in [1.54, 1.807) is 0 Å². The Morgan fingerprint density at radius 1 is 0.885 bits per heavy atom. The molecule has 0 radical (unpaired) electrons. The predicted molar refractivity (Wildman–Crippen MR) is 109 cm³/mol. The molecule has 0 fully saturated rings. The van der Waals surface area contributed by atoms with E-state index in [0.717, 1.165) is 25.7 Å². The van der Waals surface area contributed by atoms with Gasteiger partial charge in [0, 0.05) is 0 Å². The fourth-order valence-electron chi connectivity index (χ4n) is 2.91. The van der Waals surface area contributed by atoms with Crippen LogP contribution in [0.3, 0.4) is 0 Å². The molecule has 0 spiro atoms. The zero-order valence-corrected chi connectivity index (χ0v) is 17.5. The van der Waals surface area contributed by atoms with Crippen LogP contribution in [0.5, 0.6) is 5.75 Å². The molecule has 0 amide bonds. The summed E-state index contributed by atoms with van der Waals surface area (Å²) >= 11 is 0. The maximum atomic E-state index is 11.2. The molecule has 5 heteroatoms. The van der Waals surface area contributed by atoms with Gasteiger partial charge in [-0.25, -0.2) is 0 Å². The van der Waals surface area contributed by atoms with Crippen LogP contribution in [0.2, 0.25) is 0 Å². The van der Waals surface area contributed by atoms with Crippen LogP contribution in [-0.4, -0.2) is 24.8 Å². The van der Waals surface area contributed by atoms with Crippen LogP contribution in [-0.2, 0) is 23.0 Å². The zero-order chi connectivity index (χ0) is 19.4. The molecule has 1 atom stereocenters. The third-order valence-corrected chi connectivity index (χ3v) is 5.81. The molecule has 1 aromatic carbocycles. The average molecular weight is 385 g/mol. The molecule has 0 heterocycles. The summed E-state index contributed by atoms with van der Waals surface area (Å²) < 4.78 is 37.1. The van der Waals surface area contributed by atoms with Crippen LogP contribution in [0.4, 0.5) is 0 Å². The van der Waals surface area contributed by atoms with Crippen LogP contribution in [0.15, 0.2) is 18.2 Å². The van der Waals surface area contributed by atoms with Crippen LogP contribution >= 0.6 is 0 Å². The maximum absolute atomic E-state index is 11.2. The Labute approximate surface area is 160 Å². The summed E-state index contributed by atoms with van der Waals surface area (Å²) in [5.41, 5.74) is 2.51. The summed E-state index contributed by atoms with van der Waals surface area (Å²) in [7, 11) is -4.06. The molecule has 0 saturated heterocycles. The number of hydrogen-bond donors (Lipinski definition) is 1. The Balaban J connectivity index is 2.75. The van der Waals surface area contributed by atoms with E-state index in [1.165, 1.54) is 56.6 Å². The number of unbranched alkanes of at least 4 members (excludes halogenated alkanes) is 6. The quantitative estimate of drug-likeness (QED) is 0.335. The van der Waals surface area contributed by atoms with Crippen molar-refractivity contribution in [3.8, 4) is 5.75 Å². The molecule has 1 aromatic rings. The van der Waals surface area contributed by atoms with Gasteiger partial charge in [-0.1, -0.05) is 58.4 Å². The lowest BCUT2D eigenvalue weighted by Gasteiger charge is -2.14. The first kappa shape index (κ1) is 23.0. The molecule has 0 bridgehead atoms. The summed E-state index contributed by atoms with van der Waals surface area (Å²) in [6.45, 7) is 5.83. The van der Waals surface area contributed by atoms with Gasteiger partial charge in [-0.2, -0.15) is 8.42 Å². The summed E-state index contributed by atoms with van der Waals surface area (Å²) in [4.78, 5) is 0. The molecule has 0 aliphatic heterocycles. The first-order valence-electron chi connectivity index (χ1n) is 10.1. The minimum Gasteiger partial charge on any atom is -0.492 e. The van der Waals surface area contributed by atoms with Crippen molar-refractivity contribution < 1.29 is 17.7 Å². The zero-order valence-electron chi connectivity index (χ0n) is 16.7. The van der Waals surface area contributed by atoms with Crippen molar-refractivity contribution in [2.45, 2.75) is 90.2 Å². The van der Waals surface area contributed by atoms with E-state index >= 15 is 0 Å². The first-order valence-corrected chi connectivity index (χ1v) is 11.6. The van der Waals surface area contributed by atoms with Crippen molar-refractivity contribution >= 4 is 10.1 Å². The largest absolute Gasteiger partial charge is 0.492 e. The summed E-state index contributed by atoms with van der Waals surface area (Å²) in [5.74, 6) is 0.707. The average Bonchev–Trinajstić information content (AvgIpc) is 2.59. The van der Waals surface area contributed by atoms with E-state index < -0.39 is 15.4 Å². The highest BCUT2D eigenvalue weighted by molar-refractivity contribution is 7.86. The summed E-state index contributed by atoms with van der Waals surface area (Å²) in [5, 5.41) is -0.927. The van der Waals surface area contributed by atoms with Gasteiger partial charge in [0.2, 0.25) is 0 Å². The standard InChI is InChI=1S/C21H36O4S/c1-4-6-8-10-12-19-14-20(13-11-9-7-5-2)16-21(15-19)25-17-18(3)26(22,23)24/h14-16,18H,4-13,17H2,1-3H3,(H,22,23,24). The molecule has 0 aliphatic rings. The van der Waals surface area contributed by atoms with Crippen molar-refractivity contribution in [2.75, 3.05) is 6.61 Å². The van der Waals surface area contributed by atoms with E-state index in [1.807, 2.05) is 12.1 Å². The number of rotatable bonds is 14. The highest BCUT2D eigenvalue weighted by Crippen LogP contribution is 2.22. The van der Waals surface area contributed by atoms with E-state index in [2.05, 4.69) is 19.9 Å². The molecule has 1 rings (SSSR count). The van der Waals surface area contributed by atoms with Crippen LogP contribution in [0.1, 0.15) is 83.3 Å². The lowest BCUT2D eigenvalue weighted by atomic mass is 10.00. The third kappa shape index (κ3) is 9.58. The van der Waals surface area contributed by atoms with Crippen molar-refractivity contribution in [3.05, 3.63) is 29.3 Å². The number of ether oxygens (including phenoxy) is 1. The Hall–Kier alpha value is -1.07. The van der Waals surface area contributed by atoms with Gasteiger partial charge >= 0.3 is 0 Å². The van der Waals surface area contributed by atoms with Gasteiger partial charge in [0.1, 0.15) is 17.6 Å². The molecule has 150 valence electrons. The van der Waals surface area contributed by atoms with Crippen molar-refractivity contribution in [1.82, 2.24) is 0 Å². The number of aryl methyl sites for hydroxylation is 2. The van der Waals surface area contributed by atoms with Gasteiger partial charge < -0.3 is 4.74 Å². The number of hydrogen-bond acceptors (Lipinski definition) is 3. The third-order valence-electron chi connectivity index (χ3n) is 4.66. The topological polar surface area (TPSA) is 63.6 Å². The van der Waals surface area contributed by atoms with E-state index in [4.69, 9.17) is 9.29 Å². The molecule has 0 aromatic heterocycles. The van der Waals surface area contributed by atoms with Gasteiger partial charge in [0.15, 0.2) is 0 Å². The second-order valence-corrected chi connectivity index (χ2v) is 9.08. The fraction of sp³-hybridized carbons (Fsp3) is 0.714. The first-order chi connectivity index (χ1) is 12.4. The maximum Gasteiger partial charge on any atom is 0.270 e. The van der Waals surface area contributed by atoms with Gasteiger partial charge in [0.25, 0.3) is 10.1 Å². The Morgan fingerprint density at radius 2 is 1.38 bits per heavy atom. The van der Waals surface area contributed by atoms with E-state index in [-0.39, 0.29) is 6.61 Å². The molecular weight excluding hydrogens is 348 g/mol. The SMILES string of the molecule is CCCCCCc1cc(CCCCCC)cc(OCC(C)S(=O)(=O)O)c1. The second kappa shape index (κ2) is 12.3. The lowest BCUT2D eigenvalue weighted by Crippen LogP contribution is -2.24. The van der Waals surface area contributed by atoms with Crippen molar-refractivity contribution in [1.29, 1.82) is 0 Å². The summed E-state index contributed by atoms with van der Waals surface area (Å²) in [6.07, 6.45) is 11.8. The highest BCUT2D eigenvalue weighted by atomic mass is 32.2. The van der Waals surface area contributed by atoms with E-state index in [0.29, 0.717) is 5.75 Å². The van der Waals surface area contributed by atoms with Gasteiger partial charge in [-0.3, -0.25) is 4.55 Å². The molecule has 26 heavy (non-hydrogen) atoms. The van der Waals surface area contributed by atoms with Gasteiger partial charge in [-0.05, 0) is 55.9 Å². The molecule has 1 unspecified atom stereocenters. The smallest absolute Gasteiger partial charge is 0.270 e. The molecule has 0 aliphatic carbocycles. The Kier molecular flexibility index (Phi) is 10.9. The fourth-order valence-corrected chi connectivity index (χ4v) is 3.15. The lowest BCUT2D eigenvalue weighted by molar-refractivity contribution is 0.310. The van der Waals surface area contributed by atoms with Crippen molar-refractivity contribution in [3.63, 3.8) is 0 Å². The Morgan fingerprint density at radius 3 is 1.81 bits per heavy atom. The monoisotopic (exact) mass is 384 g/mol. The van der Waals surface area contributed by atoms with Crippen LogP contribution in [0.25, 0.3) is 0 Å². The molecular formula is C21H36O4S. The molecule has 4 nitrogen and oxygen atoms in total. The highest BCUT2D eigenvalue weighted by Gasteiger charge is 2.18. The van der Waals surface area contributed by atoms with Crippen molar-refractivity contribution in [2.24, 2.45) is 0 Å². The van der Waals surface area contributed by atoms with Gasteiger partial charge in [-0.15, -0.1) is 0 Å². The normalized spacial score (nSPS) is 12.9. The number of benzene rings is 1. The van der Waals surface area contributed by atoms with Crippen LogP contribution < -0.4 is 4.74 Å². The minimum atomic E-state index is -4.06. The Bertz CT molecular complexity index is 580. The molecule has 1 N–H and O–H groups in total. The summed E-state index contributed by atoms with van der Waals surface area (Å²) in [6, 6.07) is 6.29. The van der Waals surface area contributed by atoms with Crippen LogP contribution in [0, 0.1) is 0 Å². The minimum absolute atomic E-state index is 0.0343. The van der Waals surface area contributed by atoms with E-state index in [9.17, 15) is 8.42 Å². The second-order valence-electron chi connectivity index (χ2n) is 7.24. The van der Waals surface area contributed by atoms with Gasteiger partial charge in [0.05, 0.1) is 0 Å². The predicted octanol–water partition coefficient (Wildman–Crippen LogP) is 5.59.